The van der Waals surface area contributed by atoms with Crippen molar-refractivity contribution in [2.24, 2.45) is 4.99 Å². The van der Waals surface area contributed by atoms with Crippen molar-refractivity contribution >= 4 is 5.91 Å². The fourth-order valence-electron chi connectivity index (χ4n) is 1.59. The lowest BCUT2D eigenvalue weighted by Gasteiger charge is -2.10. The van der Waals surface area contributed by atoms with Crippen LogP contribution in [0.1, 0.15) is 13.3 Å². The maximum Gasteiger partial charge on any atom is 0.245 e. The summed E-state index contributed by atoms with van der Waals surface area (Å²) >= 11 is 0. The zero-order valence-electron chi connectivity index (χ0n) is 10.9. The Hall–Kier alpha value is -2.43. The van der Waals surface area contributed by atoms with Crippen molar-refractivity contribution in [3.05, 3.63) is 48.0 Å². The third-order valence-electron chi connectivity index (χ3n) is 2.55. The zero-order valence-corrected chi connectivity index (χ0v) is 10.9. The van der Waals surface area contributed by atoms with Crippen molar-refractivity contribution in [2.75, 3.05) is 7.11 Å². The smallest absolute Gasteiger partial charge is 0.245 e. The second-order valence-corrected chi connectivity index (χ2v) is 3.86. The maximum absolute atomic E-state index is 11.3. The zero-order chi connectivity index (χ0) is 13.7. The Morgan fingerprint density at radius 2 is 2.11 bits per heavy atom. The summed E-state index contributed by atoms with van der Waals surface area (Å²) in [5, 5.41) is 4.75. The van der Waals surface area contributed by atoms with Crippen molar-refractivity contribution in [2.45, 2.75) is 13.3 Å². The quantitative estimate of drug-likeness (QED) is 0.841. The summed E-state index contributed by atoms with van der Waals surface area (Å²) in [4.78, 5) is 15.2. The van der Waals surface area contributed by atoms with Gasteiger partial charge in [-0.25, -0.2) is 9.67 Å². The van der Waals surface area contributed by atoms with Crippen molar-refractivity contribution in [3.8, 4) is 11.6 Å². The van der Waals surface area contributed by atoms with Gasteiger partial charge in [0.05, 0.1) is 24.4 Å². The highest BCUT2D eigenvalue weighted by atomic mass is 16.5. The molecule has 0 saturated carbocycles. The molecule has 0 radical (unpaired) electrons. The normalized spacial score (nSPS) is 11.4. The summed E-state index contributed by atoms with van der Waals surface area (Å²) in [5.74, 6) is 0.345. The molecule has 0 atom stereocenters. The summed E-state index contributed by atoms with van der Waals surface area (Å²) in [6, 6.07) is 11.3. The third-order valence-corrected chi connectivity index (χ3v) is 2.55. The number of carbonyl (C=O) groups excluding carboxylic acids is 1. The van der Waals surface area contributed by atoms with E-state index in [9.17, 15) is 4.79 Å². The molecule has 0 bridgehead atoms. The molecule has 1 heterocycles. The largest absolute Gasteiger partial charge is 0.481 e. The highest BCUT2D eigenvalue weighted by Gasteiger charge is 2.04. The van der Waals surface area contributed by atoms with Crippen LogP contribution in [0, 0.1) is 0 Å². The van der Waals surface area contributed by atoms with Crippen LogP contribution < -0.4 is 10.1 Å². The molecule has 1 amide bonds. The first-order valence-corrected chi connectivity index (χ1v) is 6.01. The fraction of sp³-hybridized carbons (Fsp3) is 0.214. The van der Waals surface area contributed by atoms with Crippen LogP contribution in [0.3, 0.4) is 0 Å². The predicted molar refractivity (Wildman–Crippen MR) is 71.0 cm³/mol. The second-order valence-electron chi connectivity index (χ2n) is 3.86. The molecular weight excluding hydrogens is 242 g/mol. The van der Waals surface area contributed by atoms with Gasteiger partial charge in [0, 0.05) is 12.5 Å². The van der Waals surface area contributed by atoms with E-state index >= 15 is 0 Å². The topological polar surface area (TPSA) is 56.5 Å². The van der Waals surface area contributed by atoms with E-state index in [1.807, 2.05) is 30.3 Å². The molecule has 0 N–H and O–H groups in total. The Balaban J connectivity index is 2.49. The van der Waals surface area contributed by atoms with Gasteiger partial charge in [0.1, 0.15) is 0 Å². The van der Waals surface area contributed by atoms with Crippen LogP contribution in [0.25, 0.3) is 5.69 Å². The van der Waals surface area contributed by atoms with E-state index in [0.717, 1.165) is 5.69 Å². The Bertz CT molecular complexity index is 633. The van der Waals surface area contributed by atoms with Gasteiger partial charge in [-0.1, -0.05) is 25.1 Å². The van der Waals surface area contributed by atoms with E-state index in [-0.39, 0.29) is 5.91 Å². The molecular formula is C14H15N3O2. The number of benzene rings is 1. The molecule has 0 aliphatic heterocycles. The van der Waals surface area contributed by atoms with E-state index in [4.69, 9.17) is 4.74 Å². The molecule has 0 unspecified atom stereocenters. The summed E-state index contributed by atoms with van der Waals surface area (Å²) in [6.45, 7) is 1.77. The van der Waals surface area contributed by atoms with Gasteiger partial charge in [0.15, 0.2) is 0 Å². The van der Waals surface area contributed by atoms with Gasteiger partial charge >= 0.3 is 0 Å². The van der Waals surface area contributed by atoms with Gasteiger partial charge in [-0.05, 0) is 12.1 Å². The number of ether oxygens (including phenoxy) is 1. The number of hydrogen-bond acceptors (Lipinski definition) is 3. The molecule has 0 aliphatic carbocycles. The first-order valence-electron chi connectivity index (χ1n) is 6.01. The van der Waals surface area contributed by atoms with Gasteiger partial charge in [-0.3, -0.25) is 4.79 Å². The second kappa shape index (κ2) is 5.95. The van der Waals surface area contributed by atoms with E-state index < -0.39 is 0 Å². The van der Waals surface area contributed by atoms with Crippen molar-refractivity contribution in [3.63, 3.8) is 0 Å². The van der Waals surface area contributed by atoms with Crippen molar-refractivity contribution in [1.82, 2.24) is 9.78 Å². The van der Waals surface area contributed by atoms with Gasteiger partial charge in [-0.15, -0.1) is 0 Å². The molecule has 0 saturated heterocycles. The van der Waals surface area contributed by atoms with E-state index in [1.54, 1.807) is 31.0 Å². The van der Waals surface area contributed by atoms with Crippen molar-refractivity contribution in [1.29, 1.82) is 0 Å². The molecule has 98 valence electrons. The molecule has 1 aromatic heterocycles. The number of carbonyl (C=O) groups is 1. The minimum absolute atomic E-state index is 0.179. The number of methoxy groups -OCH3 is 1. The first-order chi connectivity index (χ1) is 9.24. The van der Waals surface area contributed by atoms with Crippen molar-refractivity contribution < 1.29 is 9.53 Å². The molecule has 0 fully saturated rings. The molecule has 0 spiro atoms. The van der Waals surface area contributed by atoms with Crippen LogP contribution in [0.5, 0.6) is 5.88 Å². The van der Waals surface area contributed by atoms with Gasteiger partial charge < -0.3 is 4.74 Å². The SMILES string of the molecule is CCC(=O)N=c1cnn(-c2ccccc2)c(OC)c1. The van der Waals surface area contributed by atoms with Gasteiger partial charge in [-0.2, -0.15) is 5.10 Å². The molecule has 0 aliphatic rings. The van der Waals surface area contributed by atoms with E-state index in [2.05, 4.69) is 10.1 Å². The summed E-state index contributed by atoms with van der Waals surface area (Å²) in [5.41, 5.74) is 0.882. The fourth-order valence-corrected chi connectivity index (χ4v) is 1.59. The minimum atomic E-state index is -0.179. The van der Waals surface area contributed by atoms with E-state index in [0.29, 0.717) is 17.7 Å². The average Bonchev–Trinajstić information content (AvgIpc) is 2.47. The minimum Gasteiger partial charge on any atom is -0.481 e. The monoisotopic (exact) mass is 257 g/mol. The molecule has 5 nitrogen and oxygen atoms in total. The Morgan fingerprint density at radius 1 is 1.37 bits per heavy atom. The number of aromatic nitrogens is 2. The lowest BCUT2D eigenvalue weighted by Crippen LogP contribution is -2.13. The predicted octanol–water partition coefficient (Wildman–Crippen LogP) is 1.72. The number of amides is 1. The van der Waals surface area contributed by atoms with Crippen LogP contribution in [0.4, 0.5) is 0 Å². The van der Waals surface area contributed by atoms with Crippen LogP contribution in [-0.2, 0) is 4.79 Å². The summed E-state index contributed by atoms with van der Waals surface area (Å²) < 4.78 is 6.93. The van der Waals surface area contributed by atoms with Crippen LogP contribution in [0.2, 0.25) is 0 Å². The average molecular weight is 257 g/mol. The molecule has 2 aromatic rings. The van der Waals surface area contributed by atoms with Crippen LogP contribution >= 0.6 is 0 Å². The van der Waals surface area contributed by atoms with E-state index in [1.165, 1.54) is 0 Å². The Morgan fingerprint density at radius 3 is 2.74 bits per heavy atom. The Labute approximate surface area is 111 Å². The van der Waals surface area contributed by atoms with Gasteiger partial charge in [0.25, 0.3) is 0 Å². The van der Waals surface area contributed by atoms with Crippen LogP contribution in [-0.4, -0.2) is 22.8 Å². The summed E-state index contributed by atoms with van der Waals surface area (Å²) in [6.07, 6.45) is 1.92. The van der Waals surface area contributed by atoms with Crippen LogP contribution in [0.15, 0.2) is 47.6 Å². The number of rotatable bonds is 3. The van der Waals surface area contributed by atoms with Gasteiger partial charge in [0.2, 0.25) is 11.8 Å². The Kier molecular flexibility index (Phi) is 4.07. The molecule has 5 heteroatoms. The summed E-state index contributed by atoms with van der Waals surface area (Å²) in [7, 11) is 1.56. The molecule has 19 heavy (non-hydrogen) atoms. The number of para-hydroxylation sites is 1. The molecule has 2 rings (SSSR count). The third kappa shape index (κ3) is 3.07. The first kappa shape index (κ1) is 13.0. The highest BCUT2D eigenvalue weighted by molar-refractivity contribution is 5.76. The lowest BCUT2D eigenvalue weighted by atomic mass is 10.3. The standard InChI is InChI=1S/C14H15N3O2/c1-3-13(18)16-11-9-14(19-2)17(15-10-11)12-7-5-4-6-8-12/h4-10H,3H2,1-2H3. The lowest BCUT2D eigenvalue weighted by molar-refractivity contribution is -0.117. The molecule has 1 aromatic carbocycles. The maximum atomic E-state index is 11.3. The number of nitrogens with zero attached hydrogens (tertiary/aromatic N) is 3. The highest BCUT2D eigenvalue weighted by Crippen LogP contribution is 2.13. The number of hydrogen-bond donors (Lipinski definition) is 0.